The van der Waals surface area contributed by atoms with E-state index in [1.807, 2.05) is 0 Å². The fraction of sp³-hybridized carbons (Fsp3) is 0.778. The number of aliphatic hydroxyl groups excluding tert-OH is 1. The summed E-state index contributed by atoms with van der Waals surface area (Å²) in [6.07, 6.45) is 3.58. The first-order valence-electron chi connectivity index (χ1n) is 4.45. The quantitative estimate of drug-likeness (QED) is 0.705. The molecule has 2 fully saturated rings. The molecule has 0 bridgehead atoms. The molecule has 1 N–H and O–H groups in total. The Labute approximate surface area is 83.8 Å². The van der Waals surface area contributed by atoms with Gasteiger partial charge in [0.25, 0.3) is 0 Å². The van der Waals surface area contributed by atoms with Gasteiger partial charge < -0.3 is 5.11 Å². The third-order valence-corrected chi connectivity index (χ3v) is 3.14. The zero-order valence-corrected chi connectivity index (χ0v) is 8.32. The average molecular weight is 208 g/mol. The molecule has 0 radical (unpaired) electrons. The van der Waals surface area contributed by atoms with E-state index in [0.29, 0.717) is 6.33 Å². The van der Waals surface area contributed by atoms with Crippen LogP contribution in [0.4, 0.5) is 4.39 Å². The van der Waals surface area contributed by atoms with Crippen LogP contribution in [-0.2, 0) is 0 Å². The van der Waals surface area contributed by atoms with Crippen LogP contribution in [0.5, 0.6) is 0 Å². The van der Waals surface area contributed by atoms with Crippen molar-refractivity contribution in [2.45, 2.75) is 24.8 Å². The Bertz CT molecular complexity index is 222. The summed E-state index contributed by atoms with van der Waals surface area (Å²) in [4.78, 5) is 2.21. The van der Waals surface area contributed by atoms with Crippen LogP contribution >= 0.6 is 12.4 Å². The van der Waals surface area contributed by atoms with Crippen molar-refractivity contribution in [3.63, 3.8) is 0 Å². The van der Waals surface area contributed by atoms with E-state index >= 15 is 0 Å². The minimum atomic E-state index is -0.0993. The molecule has 0 aromatic heterocycles. The molecular weight excluding hydrogens is 193 g/mol. The van der Waals surface area contributed by atoms with Crippen molar-refractivity contribution in [2.24, 2.45) is 0 Å². The molecule has 1 unspecified atom stereocenters. The standard InChI is InChI=1S/C9H14FNO.ClH/c10-5-8-4-9(7-12)2-1-3-11(9)6-8;/h5,12H,1-4,6-7H2;1H/b8-5-;. The summed E-state index contributed by atoms with van der Waals surface area (Å²) in [5.74, 6) is 0. The molecule has 2 aliphatic heterocycles. The number of hydrogen-bond donors (Lipinski definition) is 1. The molecule has 13 heavy (non-hydrogen) atoms. The van der Waals surface area contributed by atoms with Gasteiger partial charge in [-0.15, -0.1) is 12.4 Å². The van der Waals surface area contributed by atoms with Gasteiger partial charge in [0.15, 0.2) is 0 Å². The Balaban J connectivity index is 0.000000845. The number of aliphatic hydroxyl groups is 1. The minimum absolute atomic E-state index is 0. The highest BCUT2D eigenvalue weighted by atomic mass is 35.5. The molecule has 76 valence electrons. The molecule has 2 saturated heterocycles. The summed E-state index contributed by atoms with van der Waals surface area (Å²) in [6.45, 7) is 1.90. The second kappa shape index (κ2) is 3.95. The van der Waals surface area contributed by atoms with E-state index in [9.17, 15) is 9.50 Å². The van der Waals surface area contributed by atoms with E-state index < -0.39 is 0 Å². The van der Waals surface area contributed by atoms with Crippen LogP contribution in [0.3, 0.4) is 0 Å². The van der Waals surface area contributed by atoms with E-state index in [2.05, 4.69) is 4.90 Å². The van der Waals surface area contributed by atoms with E-state index in [0.717, 1.165) is 37.9 Å². The maximum Gasteiger partial charge on any atom is 0.0872 e. The summed E-state index contributed by atoms with van der Waals surface area (Å²) in [7, 11) is 0. The minimum Gasteiger partial charge on any atom is -0.394 e. The first-order valence-corrected chi connectivity index (χ1v) is 4.45. The summed E-state index contributed by atoms with van der Waals surface area (Å²) < 4.78 is 12.2. The third-order valence-electron chi connectivity index (χ3n) is 3.14. The zero-order valence-electron chi connectivity index (χ0n) is 7.50. The first-order chi connectivity index (χ1) is 5.80. The number of fused-ring (bicyclic) bond motifs is 1. The Morgan fingerprint density at radius 3 is 2.92 bits per heavy atom. The van der Waals surface area contributed by atoms with Crippen LogP contribution in [0.15, 0.2) is 11.9 Å². The van der Waals surface area contributed by atoms with Crippen LogP contribution in [0.25, 0.3) is 0 Å². The Morgan fingerprint density at radius 2 is 2.38 bits per heavy atom. The molecule has 2 heterocycles. The average Bonchev–Trinajstić information content (AvgIpc) is 2.58. The van der Waals surface area contributed by atoms with Crippen molar-refractivity contribution in [3.8, 4) is 0 Å². The van der Waals surface area contributed by atoms with Crippen molar-refractivity contribution in [1.29, 1.82) is 0 Å². The fourth-order valence-electron chi connectivity index (χ4n) is 2.47. The number of halogens is 2. The fourth-order valence-corrected chi connectivity index (χ4v) is 2.47. The predicted octanol–water partition coefficient (Wildman–Crippen LogP) is 1.49. The second-order valence-electron chi connectivity index (χ2n) is 3.85. The Kier molecular flexibility index (Phi) is 3.33. The number of nitrogens with zero attached hydrogens (tertiary/aromatic N) is 1. The van der Waals surface area contributed by atoms with Gasteiger partial charge in [0.1, 0.15) is 0 Å². The normalized spacial score (nSPS) is 36.3. The van der Waals surface area contributed by atoms with E-state index in [1.165, 1.54) is 0 Å². The van der Waals surface area contributed by atoms with Crippen molar-refractivity contribution >= 4 is 12.4 Å². The molecule has 0 saturated carbocycles. The molecular formula is C9H15ClFNO. The van der Waals surface area contributed by atoms with E-state index in [4.69, 9.17) is 0 Å². The zero-order chi connectivity index (χ0) is 8.60. The Morgan fingerprint density at radius 1 is 1.62 bits per heavy atom. The maximum absolute atomic E-state index is 12.2. The van der Waals surface area contributed by atoms with Gasteiger partial charge in [-0.25, -0.2) is 4.39 Å². The lowest BCUT2D eigenvalue weighted by Gasteiger charge is -2.28. The van der Waals surface area contributed by atoms with Gasteiger partial charge in [0.2, 0.25) is 0 Å². The third kappa shape index (κ3) is 1.60. The maximum atomic E-state index is 12.2. The molecule has 1 atom stereocenters. The molecule has 4 heteroatoms. The van der Waals surface area contributed by atoms with E-state index in [-0.39, 0.29) is 24.6 Å². The van der Waals surface area contributed by atoms with Gasteiger partial charge in [-0.1, -0.05) is 0 Å². The van der Waals surface area contributed by atoms with Crippen molar-refractivity contribution in [1.82, 2.24) is 4.90 Å². The SMILES string of the molecule is Cl.OCC12CCCN1C/C(=C\F)C2. The smallest absolute Gasteiger partial charge is 0.0872 e. The van der Waals surface area contributed by atoms with Crippen LogP contribution in [-0.4, -0.2) is 35.2 Å². The molecule has 2 rings (SSSR count). The molecule has 0 aromatic carbocycles. The van der Waals surface area contributed by atoms with Crippen molar-refractivity contribution < 1.29 is 9.50 Å². The van der Waals surface area contributed by atoms with Crippen LogP contribution in [0, 0.1) is 0 Å². The molecule has 0 aliphatic carbocycles. The first kappa shape index (κ1) is 11.0. The summed E-state index contributed by atoms with van der Waals surface area (Å²) in [5.41, 5.74) is 0.738. The van der Waals surface area contributed by atoms with Gasteiger partial charge in [-0.05, 0) is 31.4 Å². The van der Waals surface area contributed by atoms with Gasteiger partial charge >= 0.3 is 0 Å². The van der Waals surface area contributed by atoms with E-state index in [1.54, 1.807) is 0 Å². The lowest BCUT2D eigenvalue weighted by molar-refractivity contribution is 0.1000. The molecule has 2 nitrogen and oxygen atoms in total. The van der Waals surface area contributed by atoms with Crippen LogP contribution < -0.4 is 0 Å². The second-order valence-corrected chi connectivity index (χ2v) is 3.85. The predicted molar refractivity (Wildman–Crippen MR) is 51.7 cm³/mol. The number of rotatable bonds is 1. The lowest BCUT2D eigenvalue weighted by Crippen LogP contribution is -2.41. The number of hydrogen-bond acceptors (Lipinski definition) is 2. The van der Waals surface area contributed by atoms with Gasteiger partial charge in [-0.2, -0.15) is 0 Å². The highest BCUT2D eigenvalue weighted by Crippen LogP contribution is 2.40. The van der Waals surface area contributed by atoms with Gasteiger partial charge in [0.05, 0.1) is 12.9 Å². The molecule has 0 spiro atoms. The monoisotopic (exact) mass is 207 g/mol. The highest BCUT2D eigenvalue weighted by Gasteiger charge is 2.45. The summed E-state index contributed by atoms with van der Waals surface area (Å²) >= 11 is 0. The summed E-state index contributed by atoms with van der Waals surface area (Å²) in [5, 5.41) is 9.25. The lowest BCUT2D eigenvalue weighted by atomic mass is 9.94. The van der Waals surface area contributed by atoms with Gasteiger partial charge in [-0.3, -0.25) is 4.90 Å². The van der Waals surface area contributed by atoms with Crippen LogP contribution in [0.2, 0.25) is 0 Å². The largest absolute Gasteiger partial charge is 0.394 e. The molecule has 0 aromatic rings. The molecule has 2 aliphatic rings. The molecule has 0 amide bonds. The topological polar surface area (TPSA) is 23.5 Å². The van der Waals surface area contributed by atoms with Gasteiger partial charge in [0, 0.05) is 12.1 Å². The Hall–Kier alpha value is -0.120. The van der Waals surface area contributed by atoms with Crippen molar-refractivity contribution in [3.05, 3.63) is 11.9 Å². The summed E-state index contributed by atoms with van der Waals surface area (Å²) in [6, 6.07) is 0. The van der Waals surface area contributed by atoms with Crippen molar-refractivity contribution in [2.75, 3.05) is 19.7 Å². The highest BCUT2D eigenvalue weighted by molar-refractivity contribution is 5.85. The van der Waals surface area contributed by atoms with Crippen LogP contribution in [0.1, 0.15) is 19.3 Å².